The fourth-order valence-electron chi connectivity index (χ4n) is 1.35. The Morgan fingerprint density at radius 2 is 1.81 bits per heavy atom. The minimum atomic E-state index is -0.0185. The zero-order valence-corrected chi connectivity index (χ0v) is 9.79. The number of benzene rings is 1. The Kier molecular flexibility index (Phi) is 3.93. The highest BCUT2D eigenvalue weighted by atomic mass is 35.5. The summed E-state index contributed by atoms with van der Waals surface area (Å²) in [5.41, 5.74) is 10.6. The maximum Gasteiger partial charge on any atom is 0.192 e. The van der Waals surface area contributed by atoms with E-state index in [2.05, 4.69) is 9.98 Å². The van der Waals surface area contributed by atoms with E-state index in [0.717, 1.165) is 10.8 Å². The van der Waals surface area contributed by atoms with Gasteiger partial charge in [0.1, 0.15) is 0 Å². The van der Waals surface area contributed by atoms with Crippen molar-refractivity contribution < 1.29 is 0 Å². The average molecular weight is 257 g/mol. The molecule has 0 aliphatic rings. The van der Waals surface area contributed by atoms with Crippen LogP contribution in [0.4, 0.5) is 5.82 Å². The van der Waals surface area contributed by atoms with Crippen LogP contribution in [0.1, 0.15) is 0 Å². The van der Waals surface area contributed by atoms with Crippen LogP contribution in [0.2, 0.25) is 5.02 Å². The zero-order valence-electron chi connectivity index (χ0n) is 8.22. The predicted octanol–water partition coefficient (Wildman–Crippen LogP) is 2.21. The second-order valence-corrected chi connectivity index (χ2v) is 3.42. The van der Waals surface area contributed by atoms with Crippen molar-refractivity contribution >= 4 is 46.6 Å². The van der Waals surface area contributed by atoms with Gasteiger partial charge in [-0.25, -0.2) is 4.98 Å². The SMILES string of the molecule is Cl.NC(N)=Nc1ncc(Cl)c2ccccc12. The first-order chi connectivity index (χ1) is 7.18. The Morgan fingerprint density at radius 1 is 1.19 bits per heavy atom. The number of aromatic nitrogens is 1. The minimum Gasteiger partial charge on any atom is -0.370 e. The molecule has 0 fully saturated rings. The molecule has 0 radical (unpaired) electrons. The monoisotopic (exact) mass is 256 g/mol. The molecule has 0 aliphatic carbocycles. The zero-order chi connectivity index (χ0) is 10.8. The lowest BCUT2D eigenvalue weighted by Gasteiger charge is -2.02. The summed E-state index contributed by atoms with van der Waals surface area (Å²) in [4.78, 5) is 8.00. The number of hydrogen-bond donors (Lipinski definition) is 2. The van der Waals surface area contributed by atoms with Gasteiger partial charge in [0.2, 0.25) is 0 Å². The molecule has 4 N–H and O–H groups in total. The molecule has 1 heterocycles. The molecule has 0 atom stereocenters. The summed E-state index contributed by atoms with van der Waals surface area (Å²) in [7, 11) is 0. The van der Waals surface area contributed by atoms with Crippen LogP contribution in [0.5, 0.6) is 0 Å². The van der Waals surface area contributed by atoms with Crippen molar-refractivity contribution in [1.29, 1.82) is 0 Å². The smallest absolute Gasteiger partial charge is 0.192 e. The summed E-state index contributed by atoms with van der Waals surface area (Å²) in [5.74, 6) is 0.463. The first-order valence-corrected chi connectivity index (χ1v) is 4.69. The summed E-state index contributed by atoms with van der Waals surface area (Å²) in [5, 5.41) is 2.30. The summed E-state index contributed by atoms with van der Waals surface area (Å²) < 4.78 is 0. The highest BCUT2D eigenvalue weighted by Crippen LogP contribution is 2.28. The molecule has 2 aromatic rings. The molecular weight excluding hydrogens is 247 g/mol. The van der Waals surface area contributed by atoms with Crippen LogP contribution >= 0.6 is 24.0 Å². The molecule has 2 rings (SSSR count). The van der Waals surface area contributed by atoms with Crippen LogP contribution in [-0.2, 0) is 0 Å². The van der Waals surface area contributed by atoms with E-state index in [1.165, 1.54) is 6.20 Å². The molecule has 4 nitrogen and oxygen atoms in total. The Hall–Kier alpha value is -1.52. The van der Waals surface area contributed by atoms with E-state index in [1.54, 1.807) is 0 Å². The van der Waals surface area contributed by atoms with E-state index in [4.69, 9.17) is 23.1 Å². The number of guanidine groups is 1. The maximum absolute atomic E-state index is 5.99. The highest BCUT2D eigenvalue weighted by molar-refractivity contribution is 6.35. The van der Waals surface area contributed by atoms with Crippen LogP contribution in [-0.4, -0.2) is 10.9 Å². The minimum absolute atomic E-state index is 0. The molecule has 0 unspecified atom stereocenters. The largest absolute Gasteiger partial charge is 0.370 e. The fourth-order valence-corrected chi connectivity index (χ4v) is 1.57. The fraction of sp³-hybridized carbons (Fsp3) is 0. The van der Waals surface area contributed by atoms with Crippen molar-refractivity contribution in [1.82, 2.24) is 4.98 Å². The number of pyridine rings is 1. The number of aliphatic imine (C=N–C) groups is 1. The number of hydrogen-bond acceptors (Lipinski definition) is 2. The van der Waals surface area contributed by atoms with Gasteiger partial charge in [-0.05, 0) is 0 Å². The van der Waals surface area contributed by atoms with Gasteiger partial charge in [0.25, 0.3) is 0 Å². The lowest BCUT2D eigenvalue weighted by Crippen LogP contribution is -2.22. The molecule has 0 saturated heterocycles. The van der Waals surface area contributed by atoms with Crippen molar-refractivity contribution in [3.05, 3.63) is 35.5 Å². The van der Waals surface area contributed by atoms with Crippen LogP contribution in [0.15, 0.2) is 35.5 Å². The second kappa shape index (κ2) is 5.01. The molecule has 1 aromatic heterocycles. The molecule has 0 amide bonds. The third-order valence-electron chi connectivity index (χ3n) is 1.96. The van der Waals surface area contributed by atoms with Crippen molar-refractivity contribution in [3.63, 3.8) is 0 Å². The summed E-state index contributed by atoms with van der Waals surface area (Å²) >= 11 is 5.99. The van der Waals surface area contributed by atoms with Gasteiger partial charge in [-0.1, -0.05) is 35.9 Å². The topological polar surface area (TPSA) is 77.3 Å². The molecular formula is C10H10Cl2N4. The van der Waals surface area contributed by atoms with E-state index in [-0.39, 0.29) is 18.4 Å². The summed E-state index contributed by atoms with van der Waals surface area (Å²) in [6.45, 7) is 0. The van der Waals surface area contributed by atoms with Gasteiger partial charge in [-0.3, -0.25) is 0 Å². The van der Waals surface area contributed by atoms with Gasteiger partial charge in [0, 0.05) is 17.0 Å². The van der Waals surface area contributed by atoms with E-state index in [1.807, 2.05) is 24.3 Å². The second-order valence-electron chi connectivity index (χ2n) is 3.01. The van der Waals surface area contributed by atoms with Crippen molar-refractivity contribution in [2.45, 2.75) is 0 Å². The van der Waals surface area contributed by atoms with Crippen LogP contribution in [0.3, 0.4) is 0 Å². The van der Waals surface area contributed by atoms with Crippen molar-refractivity contribution in [2.75, 3.05) is 0 Å². The predicted molar refractivity (Wildman–Crippen MR) is 69.5 cm³/mol. The van der Waals surface area contributed by atoms with Gasteiger partial charge < -0.3 is 11.5 Å². The molecule has 84 valence electrons. The first kappa shape index (κ1) is 12.5. The molecule has 6 heteroatoms. The number of halogens is 2. The van der Waals surface area contributed by atoms with Gasteiger partial charge in [0.05, 0.1) is 5.02 Å². The quantitative estimate of drug-likeness (QED) is 0.607. The first-order valence-electron chi connectivity index (χ1n) is 4.31. The normalized spacial score (nSPS) is 9.56. The van der Waals surface area contributed by atoms with E-state index in [9.17, 15) is 0 Å². The van der Waals surface area contributed by atoms with Crippen LogP contribution < -0.4 is 11.5 Å². The third-order valence-corrected chi connectivity index (χ3v) is 2.26. The number of nitrogens with zero attached hydrogens (tertiary/aromatic N) is 2. The Balaban J connectivity index is 0.00000128. The van der Waals surface area contributed by atoms with Gasteiger partial charge in [-0.2, -0.15) is 4.99 Å². The average Bonchev–Trinajstić information content (AvgIpc) is 2.22. The van der Waals surface area contributed by atoms with Crippen molar-refractivity contribution in [3.8, 4) is 0 Å². The molecule has 0 spiro atoms. The van der Waals surface area contributed by atoms with Gasteiger partial charge in [0.15, 0.2) is 11.8 Å². The third kappa shape index (κ3) is 2.35. The number of fused-ring (bicyclic) bond motifs is 1. The standard InChI is InChI=1S/C10H9ClN4.ClH/c11-8-5-14-9(15-10(12)13)7-4-2-1-3-6(7)8;/h1-5H,(H4,12,13,14,15);1H. The Bertz CT molecular complexity index is 535. The Labute approximate surface area is 104 Å². The van der Waals surface area contributed by atoms with Crippen LogP contribution in [0, 0.1) is 0 Å². The lowest BCUT2D eigenvalue weighted by molar-refractivity contribution is 1.28. The van der Waals surface area contributed by atoms with E-state index < -0.39 is 0 Å². The molecule has 1 aromatic carbocycles. The van der Waals surface area contributed by atoms with E-state index in [0.29, 0.717) is 10.8 Å². The van der Waals surface area contributed by atoms with Gasteiger partial charge >= 0.3 is 0 Å². The van der Waals surface area contributed by atoms with Crippen LogP contribution in [0.25, 0.3) is 10.8 Å². The van der Waals surface area contributed by atoms with Crippen molar-refractivity contribution in [2.24, 2.45) is 16.5 Å². The van der Waals surface area contributed by atoms with E-state index >= 15 is 0 Å². The summed E-state index contributed by atoms with van der Waals surface area (Å²) in [6.07, 6.45) is 1.53. The lowest BCUT2D eigenvalue weighted by atomic mass is 10.1. The molecule has 0 aliphatic heterocycles. The molecule has 16 heavy (non-hydrogen) atoms. The molecule has 0 bridgehead atoms. The molecule has 0 saturated carbocycles. The van der Waals surface area contributed by atoms with Gasteiger partial charge in [-0.15, -0.1) is 12.4 Å². The summed E-state index contributed by atoms with van der Waals surface area (Å²) in [6, 6.07) is 7.54. The Morgan fingerprint density at radius 3 is 2.44 bits per heavy atom. The number of nitrogens with two attached hydrogens (primary N) is 2. The number of rotatable bonds is 1. The maximum atomic E-state index is 5.99. The highest BCUT2D eigenvalue weighted by Gasteiger charge is 2.04.